The van der Waals surface area contributed by atoms with Crippen molar-refractivity contribution in [3.63, 3.8) is 0 Å². The smallest absolute Gasteiger partial charge is 0.398 e. The minimum Gasteiger partial charge on any atom is -0.398 e. The number of nitrogen functional groups attached to an aromatic ring is 1. The van der Waals surface area contributed by atoms with Gasteiger partial charge in [-0.1, -0.05) is 15.9 Å². The van der Waals surface area contributed by atoms with Gasteiger partial charge in [0.1, 0.15) is 5.01 Å². The second kappa shape index (κ2) is 4.99. The number of nitrogens with two attached hydrogens (primary N) is 1. The van der Waals surface area contributed by atoms with E-state index in [9.17, 15) is 13.2 Å². The van der Waals surface area contributed by atoms with Gasteiger partial charge in [0.2, 0.25) is 0 Å². The Morgan fingerprint density at radius 1 is 1.10 bits per heavy atom. The first-order valence-electron chi connectivity index (χ1n) is 5.88. The molecule has 0 saturated carbocycles. The van der Waals surface area contributed by atoms with E-state index in [0.717, 1.165) is 26.8 Å². The van der Waals surface area contributed by atoms with Crippen LogP contribution in [0, 0.1) is 0 Å². The molecule has 0 saturated heterocycles. The van der Waals surface area contributed by atoms with E-state index < -0.39 is 11.7 Å². The van der Waals surface area contributed by atoms with Crippen LogP contribution in [0.2, 0.25) is 0 Å². The standard InChI is InChI=1S/C14H8BrF3N2S/c15-8-2-4-12-11(6-8)20-13(21-12)9-3-1-7(5-10(9)19)14(16,17)18/h1-6H,19H2. The summed E-state index contributed by atoms with van der Waals surface area (Å²) < 4.78 is 39.8. The third-order valence-electron chi connectivity index (χ3n) is 2.96. The molecule has 3 aromatic rings. The van der Waals surface area contributed by atoms with Crippen LogP contribution in [-0.2, 0) is 6.18 Å². The maximum atomic E-state index is 12.6. The molecule has 1 aromatic heterocycles. The Labute approximate surface area is 130 Å². The highest BCUT2D eigenvalue weighted by Crippen LogP contribution is 2.37. The number of aromatic nitrogens is 1. The van der Waals surface area contributed by atoms with Crippen molar-refractivity contribution in [1.82, 2.24) is 4.98 Å². The molecule has 0 bridgehead atoms. The van der Waals surface area contributed by atoms with Crippen LogP contribution in [0.5, 0.6) is 0 Å². The van der Waals surface area contributed by atoms with Gasteiger partial charge in [-0.25, -0.2) is 4.98 Å². The number of thiazole rings is 1. The number of halogens is 4. The second-order valence-corrected chi connectivity index (χ2v) is 6.38. The Balaban J connectivity index is 2.10. The number of benzene rings is 2. The van der Waals surface area contributed by atoms with Gasteiger partial charge in [-0.3, -0.25) is 0 Å². The van der Waals surface area contributed by atoms with E-state index in [1.807, 2.05) is 18.2 Å². The SMILES string of the molecule is Nc1cc(C(F)(F)F)ccc1-c1nc2cc(Br)ccc2s1. The number of rotatable bonds is 1. The van der Waals surface area contributed by atoms with Crippen LogP contribution in [0.1, 0.15) is 5.56 Å². The van der Waals surface area contributed by atoms with Crippen molar-refractivity contribution in [2.24, 2.45) is 0 Å². The molecule has 0 aliphatic carbocycles. The molecule has 0 unspecified atom stereocenters. The molecule has 0 spiro atoms. The van der Waals surface area contributed by atoms with Gasteiger partial charge >= 0.3 is 6.18 Å². The molecule has 108 valence electrons. The van der Waals surface area contributed by atoms with Crippen molar-refractivity contribution in [3.8, 4) is 10.6 Å². The van der Waals surface area contributed by atoms with Crippen molar-refractivity contribution in [2.45, 2.75) is 6.18 Å². The van der Waals surface area contributed by atoms with Gasteiger partial charge < -0.3 is 5.73 Å². The predicted octanol–water partition coefficient (Wildman–Crippen LogP) is 5.33. The van der Waals surface area contributed by atoms with E-state index in [2.05, 4.69) is 20.9 Å². The summed E-state index contributed by atoms with van der Waals surface area (Å²) in [7, 11) is 0. The molecule has 3 rings (SSSR count). The van der Waals surface area contributed by atoms with Gasteiger partial charge in [0.15, 0.2) is 0 Å². The summed E-state index contributed by atoms with van der Waals surface area (Å²) >= 11 is 4.75. The molecule has 0 amide bonds. The molecule has 2 aromatic carbocycles. The predicted molar refractivity (Wildman–Crippen MR) is 82.2 cm³/mol. The number of alkyl halides is 3. The average molecular weight is 373 g/mol. The summed E-state index contributed by atoms with van der Waals surface area (Å²) in [6, 6.07) is 8.98. The van der Waals surface area contributed by atoms with E-state index in [1.165, 1.54) is 17.4 Å². The maximum absolute atomic E-state index is 12.6. The van der Waals surface area contributed by atoms with E-state index in [-0.39, 0.29) is 5.69 Å². The number of anilines is 1. The van der Waals surface area contributed by atoms with Crippen molar-refractivity contribution in [2.75, 3.05) is 5.73 Å². The van der Waals surface area contributed by atoms with Crippen molar-refractivity contribution < 1.29 is 13.2 Å². The molecule has 1 heterocycles. The van der Waals surface area contributed by atoms with E-state index >= 15 is 0 Å². The highest BCUT2D eigenvalue weighted by molar-refractivity contribution is 9.10. The fourth-order valence-corrected chi connectivity index (χ4v) is 3.29. The summed E-state index contributed by atoms with van der Waals surface area (Å²) in [5.74, 6) is 0. The molecule has 0 radical (unpaired) electrons. The largest absolute Gasteiger partial charge is 0.416 e. The lowest BCUT2D eigenvalue weighted by molar-refractivity contribution is -0.137. The lowest BCUT2D eigenvalue weighted by atomic mass is 10.1. The fourth-order valence-electron chi connectivity index (χ4n) is 1.95. The number of hydrogen-bond donors (Lipinski definition) is 1. The third kappa shape index (κ3) is 2.75. The van der Waals surface area contributed by atoms with Gasteiger partial charge in [0, 0.05) is 15.7 Å². The van der Waals surface area contributed by atoms with Crippen molar-refractivity contribution in [1.29, 1.82) is 0 Å². The highest BCUT2D eigenvalue weighted by atomic mass is 79.9. The number of nitrogens with zero attached hydrogens (tertiary/aromatic N) is 1. The monoisotopic (exact) mass is 372 g/mol. The molecule has 0 aliphatic rings. The Bertz CT molecular complexity index is 827. The van der Waals surface area contributed by atoms with Gasteiger partial charge in [0.25, 0.3) is 0 Å². The maximum Gasteiger partial charge on any atom is 0.416 e. The Morgan fingerprint density at radius 2 is 1.86 bits per heavy atom. The third-order valence-corrected chi connectivity index (χ3v) is 4.52. The van der Waals surface area contributed by atoms with E-state index in [4.69, 9.17) is 5.73 Å². The molecule has 0 aliphatic heterocycles. The zero-order valence-electron chi connectivity index (χ0n) is 10.4. The average Bonchev–Trinajstić information content (AvgIpc) is 2.80. The summed E-state index contributed by atoms with van der Waals surface area (Å²) in [5.41, 5.74) is 6.37. The van der Waals surface area contributed by atoms with Crippen LogP contribution in [0.25, 0.3) is 20.8 Å². The van der Waals surface area contributed by atoms with Gasteiger partial charge in [-0.2, -0.15) is 13.2 Å². The van der Waals surface area contributed by atoms with E-state index in [1.54, 1.807) is 0 Å². The minimum absolute atomic E-state index is 0.0722. The Kier molecular flexibility index (Phi) is 3.41. The summed E-state index contributed by atoms with van der Waals surface area (Å²) in [4.78, 5) is 4.42. The quantitative estimate of drug-likeness (QED) is 0.586. The molecule has 21 heavy (non-hydrogen) atoms. The van der Waals surface area contributed by atoms with Gasteiger partial charge in [-0.15, -0.1) is 11.3 Å². The summed E-state index contributed by atoms with van der Waals surface area (Å²) in [5, 5.41) is 0.606. The fraction of sp³-hybridized carbons (Fsp3) is 0.0714. The molecule has 2 N–H and O–H groups in total. The van der Waals surface area contributed by atoms with Crippen LogP contribution >= 0.6 is 27.3 Å². The zero-order valence-corrected chi connectivity index (χ0v) is 12.8. The number of fused-ring (bicyclic) bond motifs is 1. The molecular formula is C14H8BrF3N2S. The number of hydrogen-bond acceptors (Lipinski definition) is 3. The summed E-state index contributed by atoms with van der Waals surface area (Å²) in [6.45, 7) is 0. The zero-order chi connectivity index (χ0) is 15.2. The first-order valence-corrected chi connectivity index (χ1v) is 7.49. The highest BCUT2D eigenvalue weighted by Gasteiger charge is 2.31. The topological polar surface area (TPSA) is 38.9 Å². The van der Waals surface area contributed by atoms with Crippen LogP contribution < -0.4 is 5.73 Å². The summed E-state index contributed by atoms with van der Waals surface area (Å²) in [6.07, 6.45) is -4.40. The van der Waals surface area contributed by atoms with Crippen molar-refractivity contribution >= 4 is 43.2 Å². The Morgan fingerprint density at radius 3 is 2.52 bits per heavy atom. The molecular weight excluding hydrogens is 365 g/mol. The molecule has 0 fully saturated rings. The van der Waals surface area contributed by atoms with Crippen molar-refractivity contribution in [3.05, 3.63) is 46.4 Å². The van der Waals surface area contributed by atoms with E-state index in [0.29, 0.717) is 10.6 Å². The van der Waals surface area contributed by atoms with Crippen LogP contribution in [-0.4, -0.2) is 4.98 Å². The molecule has 0 atom stereocenters. The first kappa shape index (κ1) is 14.3. The van der Waals surface area contributed by atoms with Gasteiger partial charge in [-0.05, 0) is 36.4 Å². The van der Waals surface area contributed by atoms with Crippen LogP contribution in [0.3, 0.4) is 0 Å². The normalized spacial score (nSPS) is 12.0. The Hall–Kier alpha value is -1.60. The molecule has 2 nitrogen and oxygen atoms in total. The van der Waals surface area contributed by atoms with Crippen LogP contribution in [0.4, 0.5) is 18.9 Å². The second-order valence-electron chi connectivity index (χ2n) is 4.43. The van der Waals surface area contributed by atoms with Gasteiger partial charge in [0.05, 0.1) is 15.8 Å². The van der Waals surface area contributed by atoms with Crippen LogP contribution in [0.15, 0.2) is 40.9 Å². The molecule has 7 heteroatoms. The lowest BCUT2D eigenvalue weighted by Gasteiger charge is -2.09. The first-order chi connectivity index (χ1) is 9.84. The minimum atomic E-state index is -4.40. The lowest BCUT2D eigenvalue weighted by Crippen LogP contribution is -2.05.